The SMILES string of the molecule is C#CCO[C@H]1C=C[C@H](O)[C@@H](COC(=O)C(C)(C)C)O1. The molecule has 5 heteroatoms. The highest BCUT2D eigenvalue weighted by Crippen LogP contribution is 2.18. The summed E-state index contributed by atoms with van der Waals surface area (Å²) in [5.74, 6) is 1.98. The fourth-order valence-corrected chi connectivity index (χ4v) is 1.36. The fourth-order valence-electron chi connectivity index (χ4n) is 1.36. The van der Waals surface area contributed by atoms with Crippen molar-refractivity contribution in [1.29, 1.82) is 0 Å². The van der Waals surface area contributed by atoms with Crippen LogP contribution in [0.2, 0.25) is 0 Å². The molecule has 0 aromatic heterocycles. The number of ether oxygens (including phenoxy) is 3. The lowest BCUT2D eigenvalue weighted by Gasteiger charge is -2.29. The summed E-state index contributed by atoms with van der Waals surface area (Å²) in [7, 11) is 0. The van der Waals surface area contributed by atoms with Gasteiger partial charge in [0.15, 0.2) is 6.29 Å². The Labute approximate surface area is 113 Å². The Bertz CT molecular complexity index is 374. The predicted octanol–water partition coefficient (Wildman–Crippen LogP) is 0.867. The van der Waals surface area contributed by atoms with Gasteiger partial charge in [-0.3, -0.25) is 4.79 Å². The van der Waals surface area contributed by atoms with E-state index in [1.165, 1.54) is 0 Å². The van der Waals surface area contributed by atoms with Gasteiger partial charge in [0.05, 0.1) is 5.41 Å². The average Bonchev–Trinajstić information content (AvgIpc) is 2.34. The Morgan fingerprint density at radius 3 is 2.74 bits per heavy atom. The Balaban J connectivity index is 2.47. The molecule has 1 aliphatic heterocycles. The van der Waals surface area contributed by atoms with Crippen LogP contribution < -0.4 is 0 Å². The second-order valence-electron chi connectivity index (χ2n) is 5.28. The first-order chi connectivity index (χ1) is 8.84. The largest absolute Gasteiger partial charge is 0.462 e. The van der Waals surface area contributed by atoms with Crippen LogP contribution in [0.25, 0.3) is 0 Å². The Morgan fingerprint density at radius 2 is 2.16 bits per heavy atom. The number of aliphatic hydroxyl groups is 1. The molecular formula is C14H20O5. The number of carbonyl (C=O) groups excluding carboxylic acids is 1. The van der Waals surface area contributed by atoms with Crippen LogP contribution in [0.4, 0.5) is 0 Å². The number of hydrogen-bond donors (Lipinski definition) is 1. The van der Waals surface area contributed by atoms with E-state index in [1.54, 1.807) is 32.9 Å². The van der Waals surface area contributed by atoms with E-state index in [2.05, 4.69) is 5.92 Å². The van der Waals surface area contributed by atoms with E-state index in [4.69, 9.17) is 20.6 Å². The minimum atomic E-state index is -0.835. The molecule has 1 aliphatic rings. The maximum absolute atomic E-state index is 11.6. The van der Waals surface area contributed by atoms with Crippen molar-refractivity contribution >= 4 is 5.97 Å². The first-order valence-electron chi connectivity index (χ1n) is 6.08. The summed E-state index contributed by atoms with van der Waals surface area (Å²) in [6.45, 7) is 5.35. The van der Waals surface area contributed by atoms with Crippen LogP contribution in [0.1, 0.15) is 20.8 Å². The van der Waals surface area contributed by atoms with Crippen LogP contribution in [0.5, 0.6) is 0 Å². The maximum Gasteiger partial charge on any atom is 0.311 e. The minimum absolute atomic E-state index is 0.0302. The third-order valence-corrected chi connectivity index (χ3v) is 2.48. The van der Waals surface area contributed by atoms with Gasteiger partial charge in [-0.2, -0.15) is 0 Å². The molecule has 0 saturated heterocycles. The molecule has 1 rings (SSSR count). The zero-order valence-corrected chi connectivity index (χ0v) is 11.5. The van der Waals surface area contributed by atoms with Crippen molar-refractivity contribution in [1.82, 2.24) is 0 Å². The molecule has 0 amide bonds. The Morgan fingerprint density at radius 1 is 1.47 bits per heavy atom. The van der Waals surface area contributed by atoms with Crippen molar-refractivity contribution in [3.63, 3.8) is 0 Å². The quantitative estimate of drug-likeness (QED) is 0.465. The highest BCUT2D eigenvalue weighted by molar-refractivity contribution is 5.75. The van der Waals surface area contributed by atoms with Gasteiger partial charge in [-0.1, -0.05) is 12.0 Å². The molecule has 0 spiro atoms. The molecule has 0 radical (unpaired) electrons. The van der Waals surface area contributed by atoms with Crippen LogP contribution in [-0.2, 0) is 19.0 Å². The van der Waals surface area contributed by atoms with Crippen molar-refractivity contribution in [2.45, 2.75) is 39.3 Å². The number of rotatable bonds is 4. The van der Waals surface area contributed by atoms with E-state index in [9.17, 15) is 9.90 Å². The van der Waals surface area contributed by atoms with Crippen LogP contribution >= 0.6 is 0 Å². The monoisotopic (exact) mass is 268 g/mol. The summed E-state index contributed by atoms with van der Waals surface area (Å²) < 4.78 is 15.7. The molecule has 0 aromatic carbocycles. The van der Waals surface area contributed by atoms with E-state index >= 15 is 0 Å². The summed E-state index contributed by atoms with van der Waals surface area (Å²) >= 11 is 0. The fraction of sp³-hybridized carbons (Fsp3) is 0.643. The van der Waals surface area contributed by atoms with Crippen LogP contribution in [0, 0.1) is 17.8 Å². The number of terminal acetylenes is 1. The average molecular weight is 268 g/mol. The van der Waals surface area contributed by atoms with Gasteiger partial charge in [0, 0.05) is 0 Å². The van der Waals surface area contributed by atoms with Gasteiger partial charge in [0.1, 0.15) is 25.4 Å². The first-order valence-corrected chi connectivity index (χ1v) is 6.08. The number of hydrogen-bond acceptors (Lipinski definition) is 5. The van der Waals surface area contributed by atoms with E-state index in [0.717, 1.165) is 0 Å². The van der Waals surface area contributed by atoms with Gasteiger partial charge in [0.25, 0.3) is 0 Å². The van der Waals surface area contributed by atoms with E-state index in [0.29, 0.717) is 0 Å². The Hall–Kier alpha value is -1.35. The van der Waals surface area contributed by atoms with Gasteiger partial charge in [-0.15, -0.1) is 6.42 Å². The molecule has 1 N–H and O–H groups in total. The standard InChI is InChI=1S/C14H20O5/c1-5-8-17-12-7-6-10(15)11(19-12)9-18-13(16)14(2,3)4/h1,6-7,10-12,15H,8-9H2,2-4H3/t10-,11+,12+/m0/s1. The highest BCUT2D eigenvalue weighted by Gasteiger charge is 2.29. The number of aliphatic hydroxyl groups excluding tert-OH is 1. The molecule has 1 heterocycles. The number of carbonyl (C=O) groups is 1. The molecular weight excluding hydrogens is 248 g/mol. The summed E-state index contributed by atoms with van der Waals surface area (Å²) in [6.07, 6.45) is 6.08. The summed E-state index contributed by atoms with van der Waals surface area (Å²) in [4.78, 5) is 11.6. The molecule has 0 unspecified atom stereocenters. The molecule has 3 atom stereocenters. The first kappa shape index (κ1) is 15.7. The number of esters is 1. The molecule has 5 nitrogen and oxygen atoms in total. The zero-order chi connectivity index (χ0) is 14.5. The second-order valence-corrected chi connectivity index (χ2v) is 5.28. The van der Waals surface area contributed by atoms with Crippen LogP contribution in [0.15, 0.2) is 12.2 Å². The molecule has 0 aromatic rings. The zero-order valence-electron chi connectivity index (χ0n) is 11.5. The van der Waals surface area contributed by atoms with Gasteiger partial charge < -0.3 is 19.3 Å². The maximum atomic E-state index is 11.6. The molecule has 19 heavy (non-hydrogen) atoms. The third kappa shape index (κ3) is 5.03. The summed E-state index contributed by atoms with van der Waals surface area (Å²) in [5, 5.41) is 9.73. The van der Waals surface area contributed by atoms with Gasteiger partial charge >= 0.3 is 5.97 Å². The highest BCUT2D eigenvalue weighted by atomic mass is 16.7. The minimum Gasteiger partial charge on any atom is -0.462 e. The smallest absolute Gasteiger partial charge is 0.311 e. The van der Waals surface area contributed by atoms with E-state index in [-0.39, 0.29) is 19.2 Å². The molecule has 0 aliphatic carbocycles. The predicted molar refractivity (Wildman–Crippen MR) is 69.0 cm³/mol. The molecule has 0 saturated carbocycles. The third-order valence-electron chi connectivity index (χ3n) is 2.48. The van der Waals surface area contributed by atoms with Gasteiger partial charge in [-0.25, -0.2) is 0 Å². The van der Waals surface area contributed by atoms with Crippen LogP contribution in [0.3, 0.4) is 0 Å². The van der Waals surface area contributed by atoms with Crippen molar-refractivity contribution in [2.24, 2.45) is 5.41 Å². The van der Waals surface area contributed by atoms with Gasteiger partial charge in [-0.05, 0) is 26.8 Å². The second kappa shape index (κ2) is 6.71. The van der Waals surface area contributed by atoms with E-state index in [1.807, 2.05) is 0 Å². The summed E-state index contributed by atoms with van der Waals surface area (Å²) in [6, 6.07) is 0. The Kier molecular flexibility index (Phi) is 5.55. The topological polar surface area (TPSA) is 65.0 Å². The van der Waals surface area contributed by atoms with Gasteiger partial charge in [0.2, 0.25) is 0 Å². The van der Waals surface area contributed by atoms with Crippen LogP contribution in [-0.4, -0.2) is 42.8 Å². The van der Waals surface area contributed by atoms with Crippen molar-refractivity contribution in [2.75, 3.05) is 13.2 Å². The normalized spacial score (nSPS) is 26.8. The lowest BCUT2D eigenvalue weighted by Crippen LogP contribution is -2.41. The van der Waals surface area contributed by atoms with Crippen molar-refractivity contribution in [3.05, 3.63) is 12.2 Å². The lowest BCUT2D eigenvalue weighted by atomic mass is 9.97. The molecule has 0 bridgehead atoms. The van der Waals surface area contributed by atoms with Crippen molar-refractivity contribution < 1.29 is 24.1 Å². The molecule has 106 valence electrons. The molecule has 0 fully saturated rings. The van der Waals surface area contributed by atoms with Crippen molar-refractivity contribution in [3.8, 4) is 12.3 Å². The van der Waals surface area contributed by atoms with E-state index < -0.39 is 23.9 Å². The lowest BCUT2D eigenvalue weighted by molar-refractivity contribution is -0.188. The summed E-state index contributed by atoms with van der Waals surface area (Å²) in [5.41, 5.74) is -0.588.